The second-order valence-electron chi connectivity index (χ2n) is 6.73. The van der Waals surface area contributed by atoms with Crippen LogP contribution in [-0.4, -0.2) is 41.0 Å². The van der Waals surface area contributed by atoms with Gasteiger partial charge in [0.25, 0.3) is 0 Å². The number of likely N-dealkylation sites (tertiary alicyclic amines) is 1. The van der Waals surface area contributed by atoms with Gasteiger partial charge in [0.15, 0.2) is 5.96 Å². The summed E-state index contributed by atoms with van der Waals surface area (Å²) in [4.78, 5) is 18.6. The summed E-state index contributed by atoms with van der Waals surface area (Å²) < 4.78 is 2.14. The minimum absolute atomic E-state index is 0. The van der Waals surface area contributed by atoms with E-state index < -0.39 is 0 Å². The number of nitrogens with one attached hydrogen (secondary N) is 2. The predicted octanol–water partition coefficient (Wildman–Crippen LogP) is 2.98. The van der Waals surface area contributed by atoms with Crippen LogP contribution in [0.2, 0.25) is 0 Å². The van der Waals surface area contributed by atoms with E-state index in [1.165, 1.54) is 11.1 Å². The zero-order valence-electron chi connectivity index (χ0n) is 16.4. The van der Waals surface area contributed by atoms with Gasteiger partial charge in [-0.25, -0.2) is 4.99 Å². The third kappa shape index (κ3) is 6.54. The Morgan fingerprint density at radius 1 is 1.11 bits per heavy atom. The third-order valence-electron chi connectivity index (χ3n) is 4.73. The van der Waals surface area contributed by atoms with E-state index in [1.807, 2.05) is 29.2 Å². The van der Waals surface area contributed by atoms with Crippen molar-refractivity contribution in [3.63, 3.8) is 0 Å². The quantitative estimate of drug-likeness (QED) is 0.337. The van der Waals surface area contributed by atoms with Crippen molar-refractivity contribution in [2.45, 2.75) is 39.4 Å². The molecule has 0 spiro atoms. The van der Waals surface area contributed by atoms with Crippen LogP contribution >= 0.6 is 24.0 Å². The van der Waals surface area contributed by atoms with Gasteiger partial charge in [0.05, 0.1) is 6.54 Å². The topological polar surface area (TPSA) is 61.7 Å². The largest absolute Gasteiger partial charge is 0.357 e. The van der Waals surface area contributed by atoms with E-state index in [0.29, 0.717) is 19.5 Å². The van der Waals surface area contributed by atoms with E-state index in [0.717, 1.165) is 38.6 Å². The second kappa shape index (κ2) is 11.7. The molecule has 1 aromatic carbocycles. The maximum Gasteiger partial charge on any atom is 0.222 e. The minimum atomic E-state index is 0. The van der Waals surface area contributed by atoms with Crippen LogP contribution in [-0.2, 0) is 24.4 Å². The smallest absolute Gasteiger partial charge is 0.222 e. The highest BCUT2D eigenvalue weighted by Crippen LogP contribution is 2.17. The Kier molecular flexibility index (Phi) is 9.33. The van der Waals surface area contributed by atoms with Crippen molar-refractivity contribution < 1.29 is 4.79 Å². The lowest BCUT2D eigenvalue weighted by Crippen LogP contribution is -2.38. The molecule has 1 aromatic heterocycles. The van der Waals surface area contributed by atoms with E-state index in [4.69, 9.17) is 4.99 Å². The Morgan fingerprint density at radius 3 is 2.54 bits per heavy atom. The van der Waals surface area contributed by atoms with Crippen LogP contribution in [0.15, 0.2) is 53.8 Å². The van der Waals surface area contributed by atoms with E-state index in [2.05, 4.69) is 46.7 Å². The highest BCUT2D eigenvalue weighted by molar-refractivity contribution is 14.0. The number of benzene rings is 1. The lowest BCUT2D eigenvalue weighted by atomic mass is 10.1. The van der Waals surface area contributed by atoms with Crippen molar-refractivity contribution in [2.24, 2.45) is 4.99 Å². The third-order valence-corrected chi connectivity index (χ3v) is 4.73. The first-order valence-electron chi connectivity index (χ1n) is 9.73. The molecule has 2 heterocycles. The van der Waals surface area contributed by atoms with Crippen molar-refractivity contribution in [1.82, 2.24) is 20.1 Å². The Bertz CT molecular complexity index is 760. The fourth-order valence-electron chi connectivity index (χ4n) is 3.27. The molecule has 3 rings (SSSR count). The molecule has 28 heavy (non-hydrogen) atoms. The highest BCUT2D eigenvalue weighted by Gasteiger charge is 2.20. The summed E-state index contributed by atoms with van der Waals surface area (Å²) >= 11 is 0. The van der Waals surface area contributed by atoms with Gasteiger partial charge >= 0.3 is 0 Å². The maximum absolute atomic E-state index is 11.9. The van der Waals surface area contributed by atoms with Crippen molar-refractivity contribution >= 4 is 35.8 Å². The summed E-state index contributed by atoms with van der Waals surface area (Å²) in [6.07, 6.45) is 5.76. The molecule has 0 radical (unpaired) electrons. The van der Waals surface area contributed by atoms with Gasteiger partial charge in [0.1, 0.15) is 0 Å². The molecule has 2 aromatic rings. The Morgan fingerprint density at radius 2 is 1.86 bits per heavy atom. The first kappa shape index (κ1) is 22.3. The average Bonchev–Trinajstić information content (AvgIpc) is 3.33. The van der Waals surface area contributed by atoms with Gasteiger partial charge in [-0.3, -0.25) is 4.79 Å². The number of hydrogen-bond donors (Lipinski definition) is 2. The zero-order valence-corrected chi connectivity index (χ0v) is 18.8. The van der Waals surface area contributed by atoms with Gasteiger partial charge < -0.3 is 20.1 Å². The molecule has 152 valence electrons. The van der Waals surface area contributed by atoms with Crippen molar-refractivity contribution in [3.05, 3.63) is 59.9 Å². The van der Waals surface area contributed by atoms with Crippen LogP contribution in [0.25, 0.3) is 0 Å². The Labute approximate surface area is 184 Å². The monoisotopic (exact) mass is 495 g/mol. The van der Waals surface area contributed by atoms with E-state index >= 15 is 0 Å². The number of guanidine groups is 1. The average molecular weight is 495 g/mol. The number of carbonyl (C=O) groups excluding carboxylic acids is 1. The van der Waals surface area contributed by atoms with E-state index in [-0.39, 0.29) is 29.9 Å². The molecule has 0 saturated carbocycles. The molecule has 7 heteroatoms. The summed E-state index contributed by atoms with van der Waals surface area (Å²) in [5, 5.41) is 6.68. The molecule has 1 fully saturated rings. The molecule has 0 bridgehead atoms. The molecule has 0 aliphatic carbocycles. The molecule has 0 atom stereocenters. The first-order chi connectivity index (χ1) is 13.3. The van der Waals surface area contributed by atoms with Crippen LogP contribution in [0.5, 0.6) is 0 Å². The standard InChI is InChI=1S/C21H29N5O.HI/c1-2-22-21(23-11-15-25-12-5-6-13-25)24-16-18-8-3-4-9-19(18)17-26-14-7-10-20(26)27;/h3-6,8-9,12-13H,2,7,10-11,14-17H2,1H3,(H2,22,23,24);1H. The van der Waals surface area contributed by atoms with Crippen LogP contribution < -0.4 is 10.6 Å². The Balaban J connectivity index is 0.00000280. The van der Waals surface area contributed by atoms with E-state index in [1.54, 1.807) is 0 Å². The highest BCUT2D eigenvalue weighted by atomic mass is 127. The molecular formula is C21H30IN5O. The van der Waals surface area contributed by atoms with Gasteiger partial charge in [0.2, 0.25) is 5.91 Å². The van der Waals surface area contributed by atoms with Gasteiger partial charge in [-0.1, -0.05) is 24.3 Å². The fourth-order valence-corrected chi connectivity index (χ4v) is 3.27. The number of rotatable bonds is 8. The van der Waals surface area contributed by atoms with Gasteiger partial charge in [-0.15, -0.1) is 24.0 Å². The molecule has 1 aliphatic rings. The summed E-state index contributed by atoms with van der Waals surface area (Å²) in [7, 11) is 0. The number of halogens is 1. The van der Waals surface area contributed by atoms with Gasteiger partial charge in [-0.2, -0.15) is 0 Å². The SMILES string of the molecule is CCNC(=NCc1ccccc1CN1CCCC1=O)NCCn1cccc1.I. The van der Waals surface area contributed by atoms with Gasteiger partial charge in [0, 0.05) is 51.5 Å². The molecule has 2 N–H and O–H groups in total. The maximum atomic E-state index is 11.9. The first-order valence-corrected chi connectivity index (χ1v) is 9.73. The molecule has 1 amide bonds. The summed E-state index contributed by atoms with van der Waals surface area (Å²) in [6.45, 7) is 6.73. The number of aromatic nitrogens is 1. The number of amides is 1. The lowest BCUT2D eigenvalue weighted by molar-refractivity contribution is -0.128. The molecule has 1 saturated heterocycles. The predicted molar refractivity (Wildman–Crippen MR) is 124 cm³/mol. The van der Waals surface area contributed by atoms with Crippen LogP contribution in [0.4, 0.5) is 0 Å². The zero-order chi connectivity index (χ0) is 18.9. The van der Waals surface area contributed by atoms with Crippen LogP contribution in [0.3, 0.4) is 0 Å². The van der Waals surface area contributed by atoms with Crippen LogP contribution in [0.1, 0.15) is 30.9 Å². The second-order valence-corrected chi connectivity index (χ2v) is 6.73. The lowest BCUT2D eigenvalue weighted by Gasteiger charge is -2.18. The molecule has 1 aliphatic heterocycles. The molecule has 6 nitrogen and oxygen atoms in total. The molecular weight excluding hydrogens is 465 g/mol. The molecule has 0 unspecified atom stereocenters. The number of nitrogens with zero attached hydrogens (tertiary/aromatic N) is 3. The summed E-state index contributed by atoms with van der Waals surface area (Å²) in [5.41, 5.74) is 2.35. The summed E-state index contributed by atoms with van der Waals surface area (Å²) in [6, 6.07) is 12.3. The number of aliphatic imine (C=N–C) groups is 1. The van der Waals surface area contributed by atoms with Crippen LogP contribution in [0, 0.1) is 0 Å². The normalized spacial score (nSPS) is 14.1. The number of carbonyl (C=O) groups is 1. The van der Waals surface area contributed by atoms with E-state index in [9.17, 15) is 4.79 Å². The van der Waals surface area contributed by atoms with Crippen molar-refractivity contribution in [2.75, 3.05) is 19.6 Å². The summed E-state index contributed by atoms with van der Waals surface area (Å²) in [5.74, 6) is 1.07. The minimum Gasteiger partial charge on any atom is -0.357 e. The van der Waals surface area contributed by atoms with Crippen molar-refractivity contribution in [1.29, 1.82) is 0 Å². The number of hydrogen-bond acceptors (Lipinski definition) is 2. The fraction of sp³-hybridized carbons (Fsp3) is 0.429. The Hall–Kier alpha value is -2.03. The van der Waals surface area contributed by atoms with Gasteiger partial charge in [-0.05, 0) is 36.6 Å². The van der Waals surface area contributed by atoms with Crippen molar-refractivity contribution in [3.8, 4) is 0 Å².